The lowest BCUT2D eigenvalue weighted by Gasteiger charge is -2.20. The summed E-state index contributed by atoms with van der Waals surface area (Å²) in [5.74, 6) is -0.999. The monoisotopic (exact) mass is 275 g/mol. The van der Waals surface area contributed by atoms with E-state index < -0.39 is 17.7 Å². The highest BCUT2D eigenvalue weighted by atomic mass is 19.1. The summed E-state index contributed by atoms with van der Waals surface area (Å²) in [5, 5.41) is 3.01. The number of nitrogens with one attached hydrogen (secondary N) is 1. The Bertz CT molecular complexity index is 608. The summed E-state index contributed by atoms with van der Waals surface area (Å²) >= 11 is 0. The summed E-state index contributed by atoms with van der Waals surface area (Å²) < 4.78 is 28.3. The van der Waals surface area contributed by atoms with Crippen LogP contribution in [0.2, 0.25) is 0 Å². The van der Waals surface area contributed by atoms with Gasteiger partial charge in [0.05, 0.1) is 6.04 Å². The minimum absolute atomic E-state index is 0.0840. The zero-order valence-corrected chi connectivity index (χ0v) is 12.0. The van der Waals surface area contributed by atoms with Crippen molar-refractivity contribution in [3.8, 4) is 0 Å². The Balaban J connectivity index is 2.55. The first-order valence-corrected chi connectivity index (χ1v) is 6.79. The van der Waals surface area contributed by atoms with Crippen LogP contribution in [0.1, 0.15) is 35.2 Å². The Morgan fingerprint density at radius 1 is 1.15 bits per heavy atom. The smallest absolute Gasteiger partial charge is 0.134 e. The van der Waals surface area contributed by atoms with Crippen LogP contribution in [-0.2, 0) is 6.42 Å². The van der Waals surface area contributed by atoms with Crippen LogP contribution in [0, 0.1) is 18.6 Å². The Morgan fingerprint density at radius 3 is 2.55 bits per heavy atom. The lowest BCUT2D eigenvalue weighted by atomic mass is 9.94. The number of benzene rings is 2. The van der Waals surface area contributed by atoms with Crippen molar-refractivity contribution in [2.24, 2.45) is 0 Å². The van der Waals surface area contributed by atoms with Crippen LogP contribution in [0.4, 0.5) is 8.78 Å². The van der Waals surface area contributed by atoms with Crippen molar-refractivity contribution < 1.29 is 8.78 Å². The average Bonchev–Trinajstić information content (AvgIpc) is 2.47. The molecule has 0 spiro atoms. The number of halogens is 2. The van der Waals surface area contributed by atoms with Gasteiger partial charge < -0.3 is 5.32 Å². The molecule has 1 nitrogen and oxygen atoms in total. The molecule has 1 atom stereocenters. The molecule has 0 aliphatic rings. The van der Waals surface area contributed by atoms with Gasteiger partial charge in [-0.2, -0.15) is 0 Å². The standard InChI is InChI=1S/C17H19F2N/c1-4-12-6-5-7-13(10-12)17(20-3)15-14(18)9-8-11(2)16(15)19/h5-10,17,20H,4H2,1-3H3. The van der Waals surface area contributed by atoms with E-state index in [0.717, 1.165) is 17.5 Å². The highest BCUT2D eigenvalue weighted by Crippen LogP contribution is 2.28. The van der Waals surface area contributed by atoms with Crippen LogP contribution in [0.5, 0.6) is 0 Å². The van der Waals surface area contributed by atoms with Gasteiger partial charge in [0.1, 0.15) is 11.6 Å². The minimum atomic E-state index is -0.519. The zero-order valence-electron chi connectivity index (χ0n) is 12.0. The van der Waals surface area contributed by atoms with Crippen molar-refractivity contribution in [1.82, 2.24) is 5.32 Å². The molecule has 0 bridgehead atoms. The summed E-state index contributed by atoms with van der Waals surface area (Å²) in [6.07, 6.45) is 0.892. The van der Waals surface area contributed by atoms with Crippen molar-refractivity contribution in [3.05, 3.63) is 70.3 Å². The molecule has 2 aromatic rings. The lowest BCUT2D eigenvalue weighted by molar-refractivity contribution is 0.517. The van der Waals surface area contributed by atoms with Gasteiger partial charge in [-0.3, -0.25) is 0 Å². The fraction of sp³-hybridized carbons (Fsp3) is 0.294. The maximum absolute atomic E-state index is 14.3. The van der Waals surface area contributed by atoms with E-state index in [0.29, 0.717) is 5.56 Å². The van der Waals surface area contributed by atoms with Gasteiger partial charge >= 0.3 is 0 Å². The quantitative estimate of drug-likeness (QED) is 0.884. The molecular weight excluding hydrogens is 256 g/mol. The first-order valence-electron chi connectivity index (χ1n) is 6.79. The van der Waals surface area contributed by atoms with Gasteiger partial charge in [0.25, 0.3) is 0 Å². The third-order valence-electron chi connectivity index (χ3n) is 3.59. The maximum Gasteiger partial charge on any atom is 0.134 e. The van der Waals surface area contributed by atoms with E-state index in [1.54, 1.807) is 14.0 Å². The van der Waals surface area contributed by atoms with Crippen molar-refractivity contribution in [3.63, 3.8) is 0 Å². The molecule has 0 aliphatic heterocycles. The van der Waals surface area contributed by atoms with Crippen molar-refractivity contribution >= 4 is 0 Å². The minimum Gasteiger partial charge on any atom is -0.309 e. The number of rotatable bonds is 4. The summed E-state index contributed by atoms with van der Waals surface area (Å²) in [4.78, 5) is 0. The van der Waals surface area contributed by atoms with E-state index in [4.69, 9.17) is 0 Å². The van der Waals surface area contributed by atoms with Gasteiger partial charge in [-0.25, -0.2) is 8.78 Å². The van der Waals surface area contributed by atoms with Crippen LogP contribution < -0.4 is 5.32 Å². The summed E-state index contributed by atoms with van der Waals surface area (Å²) in [7, 11) is 1.71. The summed E-state index contributed by atoms with van der Waals surface area (Å²) in [6, 6.07) is 10.1. The lowest BCUT2D eigenvalue weighted by Crippen LogP contribution is -2.21. The van der Waals surface area contributed by atoms with Crippen LogP contribution in [-0.4, -0.2) is 7.05 Å². The topological polar surface area (TPSA) is 12.0 Å². The van der Waals surface area contributed by atoms with E-state index >= 15 is 0 Å². The molecular formula is C17H19F2N. The largest absolute Gasteiger partial charge is 0.309 e. The highest BCUT2D eigenvalue weighted by molar-refractivity contribution is 5.38. The Labute approximate surface area is 118 Å². The zero-order chi connectivity index (χ0) is 14.7. The molecule has 0 fully saturated rings. The van der Waals surface area contributed by atoms with Gasteiger partial charge in [0.2, 0.25) is 0 Å². The molecule has 0 saturated carbocycles. The fourth-order valence-electron chi connectivity index (χ4n) is 2.41. The van der Waals surface area contributed by atoms with Crippen molar-refractivity contribution in [2.45, 2.75) is 26.3 Å². The normalized spacial score (nSPS) is 12.4. The molecule has 106 valence electrons. The molecule has 20 heavy (non-hydrogen) atoms. The second-order valence-electron chi connectivity index (χ2n) is 4.91. The highest BCUT2D eigenvalue weighted by Gasteiger charge is 2.21. The molecule has 2 aromatic carbocycles. The average molecular weight is 275 g/mol. The molecule has 0 amide bonds. The first kappa shape index (κ1) is 14.7. The van der Waals surface area contributed by atoms with Gasteiger partial charge in [0, 0.05) is 5.56 Å². The third-order valence-corrected chi connectivity index (χ3v) is 3.59. The van der Waals surface area contributed by atoms with E-state index in [1.165, 1.54) is 12.1 Å². The van der Waals surface area contributed by atoms with Crippen LogP contribution >= 0.6 is 0 Å². The molecule has 0 radical (unpaired) electrons. The molecule has 2 rings (SSSR count). The van der Waals surface area contributed by atoms with E-state index in [-0.39, 0.29) is 5.56 Å². The van der Waals surface area contributed by atoms with Crippen LogP contribution in [0.3, 0.4) is 0 Å². The summed E-state index contributed by atoms with van der Waals surface area (Å²) in [5.41, 5.74) is 2.56. The number of hydrogen-bond donors (Lipinski definition) is 1. The first-order chi connectivity index (χ1) is 9.58. The van der Waals surface area contributed by atoms with Gasteiger partial charge in [0.15, 0.2) is 0 Å². The molecule has 0 aliphatic carbocycles. The molecule has 3 heteroatoms. The molecule has 0 aromatic heterocycles. The van der Waals surface area contributed by atoms with Gasteiger partial charge in [-0.15, -0.1) is 0 Å². The number of hydrogen-bond acceptors (Lipinski definition) is 1. The van der Waals surface area contributed by atoms with Crippen LogP contribution in [0.25, 0.3) is 0 Å². The Morgan fingerprint density at radius 2 is 1.90 bits per heavy atom. The SMILES string of the molecule is CCc1cccc(C(NC)c2c(F)ccc(C)c2F)c1. The van der Waals surface area contributed by atoms with E-state index in [2.05, 4.69) is 12.2 Å². The number of aryl methyl sites for hydroxylation is 2. The predicted molar refractivity (Wildman–Crippen MR) is 77.8 cm³/mol. The van der Waals surface area contributed by atoms with Gasteiger partial charge in [-0.1, -0.05) is 37.3 Å². The van der Waals surface area contributed by atoms with E-state index in [9.17, 15) is 8.78 Å². The third kappa shape index (κ3) is 2.73. The van der Waals surface area contributed by atoms with Gasteiger partial charge in [-0.05, 0) is 43.1 Å². The Hall–Kier alpha value is -1.74. The van der Waals surface area contributed by atoms with Crippen molar-refractivity contribution in [1.29, 1.82) is 0 Å². The molecule has 1 N–H and O–H groups in total. The Kier molecular flexibility index (Phi) is 4.50. The molecule has 0 saturated heterocycles. The molecule has 0 heterocycles. The molecule has 1 unspecified atom stereocenters. The summed E-state index contributed by atoms with van der Waals surface area (Å²) in [6.45, 7) is 3.70. The van der Waals surface area contributed by atoms with Crippen molar-refractivity contribution in [2.75, 3.05) is 7.05 Å². The second-order valence-corrected chi connectivity index (χ2v) is 4.91. The second kappa shape index (κ2) is 6.14. The predicted octanol–water partition coefficient (Wildman–Crippen LogP) is 4.14. The maximum atomic E-state index is 14.3. The van der Waals surface area contributed by atoms with Crippen LogP contribution in [0.15, 0.2) is 36.4 Å². The fourth-order valence-corrected chi connectivity index (χ4v) is 2.41. The van der Waals surface area contributed by atoms with E-state index in [1.807, 2.05) is 24.3 Å².